The summed E-state index contributed by atoms with van der Waals surface area (Å²) >= 11 is 3.23. The monoisotopic (exact) mass is 386 g/mol. The summed E-state index contributed by atoms with van der Waals surface area (Å²) in [6, 6.07) is 9.84. The van der Waals surface area contributed by atoms with Gasteiger partial charge >= 0.3 is 0 Å². The van der Waals surface area contributed by atoms with Gasteiger partial charge in [0, 0.05) is 23.3 Å². The SMILES string of the molecule is CSc1ncc(C(=O)NCCCCc2nc(C)cs2)n1-c1ccccc1. The molecule has 0 saturated heterocycles. The van der Waals surface area contributed by atoms with E-state index in [9.17, 15) is 4.79 Å². The molecule has 26 heavy (non-hydrogen) atoms. The molecule has 3 rings (SSSR count). The quantitative estimate of drug-likeness (QED) is 0.467. The lowest BCUT2D eigenvalue weighted by molar-refractivity contribution is 0.0945. The van der Waals surface area contributed by atoms with Gasteiger partial charge in [-0.25, -0.2) is 9.97 Å². The third kappa shape index (κ3) is 4.53. The number of carbonyl (C=O) groups is 1. The number of hydrogen-bond acceptors (Lipinski definition) is 5. The Bertz CT molecular complexity index is 858. The molecule has 0 atom stereocenters. The number of amides is 1. The van der Waals surface area contributed by atoms with Crippen LogP contribution in [0.5, 0.6) is 0 Å². The molecule has 0 aliphatic heterocycles. The highest BCUT2D eigenvalue weighted by molar-refractivity contribution is 7.98. The van der Waals surface area contributed by atoms with Crippen molar-refractivity contribution in [3.63, 3.8) is 0 Å². The van der Waals surface area contributed by atoms with Crippen LogP contribution >= 0.6 is 23.1 Å². The van der Waals surface area contributed by atoms with Gasteiger partial charge in [0.15, 0.2) is 5.16 Å². The molecule has 2 aromatic heterocycles. The van der Waals surface area contributed by atoms with E-state index in [0.29, 0.717) is 12.2 Å². The molecule has 1 aromatic carbocycles. The maximum absolute atomic E-state index is 12.6. The molecule has 0 aliphatic carbocycles. The highest BCUT2D eigenvalue weighted by atomic mass is 32.2. The minimum absolute atomic E-state index is 0.0910. The number of unbranched alkanes of at least 4 members (excludes halogenated alkanes) is 1. The van der Waals surface area contributed by atoms with Crippen molar-refractivity contribution in [2.45, 2.75) is 31.3 Å². The first-order valence-corrected chi connectivity index (χ1v) is 10.7. The Hall–Kier alpha value is -2.12. The van der Waals surface area contributed by atoms with Crippen molar-refractivity contribution in [1.29, 1.82) is 0 Å². The van der Waals surface area contributed by atoms with Crippen LogP contribution in [0.25, 0.3) is 5.69 Å². The lowest BCUT2D eigenvalue weighted by atomic mass is 10.2. The minimum atomic E-state index is -0.0910. The molecule has 0 saturated carbocycles. The Kier molecular flexibility index (Phi) is 6.46. The molecule has 1 N–H and O–H groups in total. The fourth-order valence-electron chi connectivity index (χ4n) is 2.68. The number of aryl methyl sites for hydroxylation is 2. The van der Waals surface area contributed by atoms with Crippen molar-refractivity contribution < 1.29 is 4.79 Å². The van der Waals surface area contributed by atoms with E-state index in [0.717, 1.165) is 35.8 Å². The molecule has 1 amide bonds. The fraction of sp³-hybridized carbons (Fsp3) is 0.316. The van der Waals surface area contributed by atoms with Gasteiger partial charge in [-0.2, -0.15) is 0 Å². The molecule has 7 heteroatoms. The molecule has 2 heterocycles. The number of rotatable bonds is 8. The van der Waals surface area contributed by atoms with Gasteiger partial charge in [0.05, 0.1) is 11.2 Å². The fourth-order valence-corrected chi connectivity index (χ4v) is 4.04. The second-order valence-electron chi connectivity index (χ2n) is 5.90. The van der Waals surface area contributed by atoms with Gasteiger partial charge in [-0.15, -0.1) is 11.3 Å². The van der Waals surface area contributed by atoms with E-state index in [4.69, 9.17) is 0 Å². The van der Waals surface area contributed by atoms with Crippen molar-refractivity contribution in [2.75, 3.05) is 12.8 Å². The number of thiazole rings is 1. The lowest BCUT2D eigenvalue weighted by Gasteiger charge is -2.11. The van der Waals surface area contributed by atoms with E-state index in [1.165, 1.54) is 16.8 Å². The summed E-state index contributed by atoms with van der Waals surface area (Å²) in [7, 11) is 0. The number of para-hydroxylation sites is 1. The molecule has 0 bridgehead atoms. The largest absolute Gasteiger partial charge is 0.351 e. The minimum Gasteiger partial charge on any atom is -0.351 e. The Morgan fingerprint density at radius 3 is 2.77 bits per heavy atom. The van der Waals surface area contributed by atoms with Crippen LogP contribution in [0.2, 0.25) is 0 Å². The van der Waals surface area contributed by atoms with Gasteiger partial charge in [-0.1, -0.05) is 30.0 Å². The molecule has 136 valence electrons. The molecule has 3 aromatic rings. The molecule has 0 unspecified atom stereocenters. The first-order chi connectivity index (χ1) is 12.7. The molecular formula is C19H22N4OS2. The van der Waals surface area contributed by atoms with Crippen LogP contribution in [-0.2, 0) is 6.42 Å². The van der Waals surface area contributed by atoms with Crippen LogP contribution in [0.15, 0.2) is 47.1 Å². The summed E-state index contributed by atoms with van der Waals surface area (Å²) in [6.45, 7) is 2.66. The summed E-state index contributed by atoms with van der Waals surface area (Å²) in [6.07, 6.45) is 6.52. The topological polar surface area (TPSA) is 59.8 Å². The van der Waals surface area contributed by atoms with Gasteiger partial charge < -0.3 is 5.32 Å². The Morgan fingerprint density at radius 1 is 1.27 bits per heavy atom. The average molecular weight is 387 g/mol. The number of nitrogens with one attached hydrogen (secondary N) is 1. The zero-order chi connectivity index (χ0) is 18.4. The second kappa shape index (κ2) is 9.00. The van der Waals surface area contributed by atoms with Gasteiger partial charge in [0.25, 0.3) is 5.91 Å². The smallest absolute Gasteiger partial charge is 0.269 e. The van der Waals surface area contributed by atoms with E-state index >= 15 is 0 Å². The number of hydrogen-bond donors (Lipinski definition) is 1. The normalized spacial score (nSPS) is 10.8. The van der Waals surface area contributed by atoms with Crippen LogP contribution in [0.1, 0.15) is 34.0 Å². The molecular weight excluding hydrogens is 364 g/mol. The molecule has 0 spiro atoms. The third-order valence-corrected chi connectivity index (χ3v) is 5.61. The Labute approximate surface area is 161 Å². The van der Waals surface area contributed by atoms with Crippen molar-refractivity contribution in [2.24, 2.45) is 0 Å². The van der Waals surface area contributed by atoms with Gasteiger partial charge in [0.2, 0.25) is 0 Å². The van der Waals surface area contributed by atoms with Crippen LogP contribution in [-0.4, -0.2) is 33.2 Å². The summed E-state index contributed by atoms with van der Waals surface area (Å²) in [5.74, 6) is -0.0910. The zero-order valence-electron chi connectivity index (χ0n) is 14.9. The first kappa shape index (κ1) is 18.7. The summed E-state index contributed by atoms with van der Waals surface area (Å²) in [4.78, 5) is 21.5. The number of nitrogens with zero attached hydrogens (tertiary/aromatic N) is 3. The van der Waals surface area contributed by atoms with Crippen LogP contribution in [0.3, 0.4) is 0 Å². The number of carbonyl (C=O) groups excluding carboxylic acids is 1. The predicted octanol–water partition coefficient (Wildman–Crippen LogP) is 4.11. The molecule has 5 nitrogen and oxygen atoms in total. The summed E-state index contributed by atoms with van der Waals surface area (Å²) in [5.41, 5.74) is 2.59. The van der Waals surface area contributed by atoms with Crippen LogP contribution < -0.4 is 5.32 Å². The lowest BCUT2D eigenvalue weighted by Crippen LogP contribution is -2.26. The average Bonchev–Trinajstić information content (AvgIpc) is 3.28. The van der Waals surface area contributed by atoms with Gasteiger partial charge in [-0.3, -0.25) is 9.36 Å². The number of aromatic nitrogens is 3. The van der Waals surface area contributed by atoms with Crippen LogP contribution in [0, 0.1) is 6.92 Å². The second-order valence-corrected chi connectivity index (χ2v) is 7.61. The summed E-state index contributed by atoms with van der Waals surface area (Å²) < 4.78 is 1.90. The standard InChI is InChI=1S/C19H22N4OS2/c1-14-13-26-17(22-14)10-6-7-11-20-18(24)16-12-21-19(25-2)23(16)15-8-4-3-5-9-15/h3-5,8-9,12-13H,6-7,10-11H2,1-2H3,(H,20,24). The highest BCUT2D eigenvalue weighted by Gasteiger charge is 2.17. The predicted molar refractivity (Wildman–Crippen MR) is 107 cm³/mol. The highest BCUT2D eigenvalue weighted by Crippen LogP contribution is 2.21. The molecule has 0 fully saturated rings. The Balaban J connectivity index is 1.57. The van der Waals surface area contributed by atoms with E-state index in [-0.39, 0.29) is 5.91 Å². The maximum Gasteiger partial charge on any atom is 0.269 e. The molecule has 0 aliphatic rings. The Morgan fingerprint density at radius 2 is 2.08 bits per heavy atom. The number of thioether (sulfide) groups is 1. The molecule has 0 radical (unpaired) electrons. The maximum atomic E-state index is 12.6. The number of benzene rings is 1. The van der Waals surface area contributed by atoms with Crippen molar-refractivity contribution in [3.8, 4) is 5.69 Å². The van der Waals surface area contributed by atoms with Crippen LogP contribution in [0.4, 0.5) is 0 Å². The van der Waals surface area contributed by atoms with Crippen molar-refractivity contribution in [1.82, 2.24) is 19.9 Å². The van der Waals surface area contributed by atoms with E-state index in [2.05, 4.69) is 20.7 Å². The van der Waals surface area contributed by atoms with E-state index < -0.39 is 0 Å². The summed E-state index contributed by atoms with van der Waals surface area (Å²) in [5, 5.41) is 7.06. The van der Waals surface area contributed by atoms with E-state index in [1.807, 2.05) is 48.1 Å². The van der Waals surface area contributed by atoms with Crippen molar-refractivity contribution in [3.05, 3.63) is 58.3 Å². The third-order valence-electron chi connectivity index (χ3n) is 3.93. The van der Waals surface area contributed by atoms with Gasteiger partial charge in [-0.05, 0) is 44.6 Å². The van der Waals surface area contributed by atoms with Crippen molar-refractivity contribution >= 4 is 29.0 Å². The van der Waals surface area contributed by atoms with E-state index in [1.54, 1.807) is 17.5 Å². The zero-order valence-corrected chi connectivity index (χ0v) is 16.6. The van der Waals surface area contributed by atoms with Gasteiger partial charge in [0.1, 0.15) is 5.69 Å². The first-order valence-electron chi connectivity index (χ1n) is 8.55. The number of imidazole rings is 1.